The smallest absolute Gasteiger partial charge is 0.329 e. The maximum atomic E-state index is 12.9. The molecular formula is C27H25IN2O4. The third kappa shape index (κ3) is 5.59. The largest absolute Gasteiger partial charge is 0.490 e. The number of nitrogens with zero attached hydrogens (tertiary/aromatic N) is 1. The fourth-order valence-corrected chi connectivity index (χ4v) is 4.46. The molecule has 0 radical (unpaired) electrons. The highest BCUT2D eigenvalue weighted by atomic mass is 127. The standard InChI is InChI=1S/C27H25IN2O4/c1-3-33-24-15-21(13-22(28)25(24)34-17-20-11-7-8-18(2)12-20)14-23-26(31)30(27(32)29-23)16-19-9-5-4-6-10-19/h4-15H,3,16-17H2,1-2H3,(H,29,32)/b23-14+. The van der Waals surface area contributed by atoms with Gasteiger partial charge >= 0.3 is 6.03 Å². The zero-order valence-electron chi connectivity index (χ0n) is 19.0. The Morgan fingerprint density at radius 3 is 2.47 bits per heavy atom. The van der Waals surface area contributed by atoms with Gasteiger partial charge in [0, 0.05) is 0 Å². The Morgan fingerprint density at radius 1 is 0.971 bits per heavy atom. The Labute approximate surface area is 212 Å². The van der Waals surface area contributed by atoms with E-state index in [9.17, 15) is 9.59 Å². The number of nitrogens with one attached hydrogen (secondary N) is 1. The topological polar surface area (TPSA) is 67.9 Å². The number of hydrogen-bond donors (Lipinski definition) is 1. The first-order chi connectivity index (χ1) is 16.4. The van der Waals surface area contributed by atoms with E-state index in [-0.39, 0.29) is 18.1 Å². The molecule has 1 aliphatic rings. The van der Waals surface area contributed by atoms with Crippen LogP contribution in [-0.2, 0) is 17.9 Å². The maximum Gasteiger partial charge on any atom is 0.329 e. The Morgan fingerprint density at radius 2 is 1.74 bits per heavy atom. The van der Waals surface area contributed by atoms with E-state index in [0.717, 1.165) is 20.3 Å². The molecule has 0 bridgehead atoms. The Bertz CT molecular complexity index is 1240. The van der Waals surface area contributed by atoms with Crippen molar-refractivity contribution in [3.05, 3.63) is 98.3 Å². The van der Waals surface area contributed by atoms with Crippen LogP contribution in [0.25, 0.3) is 6.08 Å². The monoisotopic (exact) mass is 568 g/mol. The lowest BCUT2D eigenvalue weighted by Crippen LogP contribution is -2.30. The molecule has 0 unspecified atom stereocenters. The second-order valence-corrected chi connectivity index (χ2v) is 9.07. The highest BCUT2D eigenvalue weighted by Gasteiger charge is 2.33. The van der Waals surface area contributed by atoms with Crippen LogP contribution in [0.15, 0.2) is 72.4 Å². The first-order valence-electron chi connectivity index (χ1n) is 11.0. The van der Waals surface area contributed by atoms with E-state index in [0.29, 0.717) is 24.7 Å². The summed E-state index contributed by atoms with van der Waals surface area (Å²) in [5.41, 5.74) is 4.10. The molecule has 6 nitrogen and oxygen atoms in total. The fraction of sp³-hybridized carbons (Fsp3) is 0.185. The minimum atomic E-state index is -0.432. The quantitative estimate of drug-likeness (QED) is 0.216. The molecular weight excluding hydrogens is 543 g/mol. The highest BCUT2D eigenvalue weighted by Crippen LogP contribution is 2.36. The van der Waals surface area contributed by atoms with Crippen LogP contribution in [0.1, 0.15) is 29.2 Å². The second-order valence-electron chi connectivity index (χ2n) is 7.91. The summed E-state index contributed by atoms with van der Waals surface area (Å²) in [6.07, 6.45) is 1.67. The molecule has 0 aliphatic carbocycles. The van der Waals surface area contributed by atoms with Gasteiger partial charge in [0.1, 0.15) is 12.3 Å². The lowest BCUT2D eigenvalue weighted by Gasteiger charge is -2.15. The number of carbonyl (C=O) groups excluding carboxylic acids is 2. The molecule has 7 heteroatoms. The Kier molecular flexibility index (Phi) is 7.52. The third-order valence-corrected chi connectivity index (χ3v) is 6.06. The van der Waals surface area contributed by atoms with Crippen LogP contribution >= 0.6 is 22.6 Å². The summed E-state index contributed by atoms with van der Waals surface area (Å²) in [4.78, 5) is 26.5. The second kappa shape index (κ2) is 10.7. The van der Waals surface area contributed by atoms with Crippen molar-refractivity contribution >= 4 is 40.6 Å². The zero-order valence-corrected chi connectivity index (χ0v) is 21.2. The summed E-state index contributed by atoms with van der Waals surface area (Å²) in [5, 5.41) is 2.68. The van der Waals surface area contributed by atoms with Crippen molar-refractivity contribution in [1.82, 2.24) is 10.2 Å². The van der Waals surface area contributed by atoms with Crippen molar-refractivity contribution in [3.8, 4) is 11.5 Å². The van der Waals surface area contributed by atoms with Crippen molar-refractivity contribution in [1.29, 1.82) is 0 Å². The number of benzene rings is 3. The lowest BCUT2D eigenvalue weighted by molar-refractivity contribution is -0.123. The molecule has 3 aromatic rings. The fourth-order valence-electron chi connectivity index (χ4n) is 3.68. The molecule has 1 N–H and O–H groups in total. The number of ether oxygens (including phenoxy) is 2. The molecule has 0 saturated carbocycles. The number of amides is 3. The van der Waals surface area contributed by atoms with Gasteiger partial charge in [-0.05, 0) is 71.3 Å². The summed E-state index contributed by atoms with van der Waals surface area (Å²) in [6.45, 7) is 5.06. The number of halogens is 1. The maximum absolute atomic E-state index is 12.9. The van der Waals surface area contributed by atoms with Gasteiger partial charge in [0.2, 0.25) is 0 Å². The van der Waals surface area contributed by atoms with Gasteiger partial charge < -0.3 is 14.8 Å². The average Bonchev–Trinajstić information content (AvgIpc) is 3.07. The van der Waals surface area contributed by atoms with Crippen LogP contribution in [-0.4, -0.2) is 23.4 Å². The van der Waals surface area contributed by atoms with Crippen molar-refractivity contribution in [2.45, 2.75) is 27.0 Å². The molecule has 1 aliphatic heterocycles. The molecule has 3 aromatic carbocycles. The average molecular weight is 568 g/mol. The van der Waals surface area contributed by atoms with Gasteiger partial charge in [-0.2, -0.15) is 0 Å². The molecule has 0 aromatic heterocycles. The minimum Gasteiger partial charge on any atom is -0.490 e. The van der Waals surface area contributed by atoms with Crippen LogP contribution < -0.4 is 14.8 Å². The summed E-state index contributed by atoms with van der Waals surface area (Å²) < 4.78 is 12.8. The molecule has 0 atom stereocenters. The van der Waals surface area contributed by atoms with Gasteiger partial charge in [0.15, 0.2) is 11.5 Å². The van der Waals surface area contributed by atoms with Gasteiger partial charge in [-0.25, -0.2) is 4.79 Å². The van der Waals surface area contributed by atoms with Crippen LogP contribution in [0.2, 0.25) is 0 Å². The third-order valence-electron chi connectivity index (χ3n) is 5.25. The number of imide groups is 1. The van der Waals surface area contributed by atoms with Crippen molar-refractivity contribution in [3.63, 3.8) is 0 Å². The normalized spacial score (nSPS) is 14.4. The first kappa shape index (κ1) is 23.8. The van der Waals surface area contributed by atoms with E-state index in [1.807, 2.05) is 74.5 Å². The van der Waals surface area contributed by atoms with Crippen molar-refractivity contribution in [2.75, 3.05) is 6.61 Å². The SMILES string of the molecule is CCOc1cc(/C=C2/NC(=O)N(Cc3ccccc3)C2=O)cc(I)c1OCc1cccc(C)c1. The van der Waals surface area contributed by atoms with Crippen molar-refractivity contribution < 1.29 is 19.1 Å². The predicted molar refractivity (Wildman–Crippen MR) is 139 cm³/mol. The van der Waals surface area contributed by atoms with Crippen LogP contribution in [0.3, 0.4) is 0 Å². The number of hydrogen-bond acceptors (Lipinski definition) is 4. The molecule has 0 spiro atoms. The lowest BCUT2D eigenvalue weighted by atomic mass is 10.1. The van der Waals surface area contributed by atoms with E-state index in [4.69, 9.17) is 9.47 Å². The van der Waals surface area contributed by atoms with Gasteiger partial charge in [-0.3, -0.25) is 9.69 Å². The van der Waals surface area contributed by atoms with Gasteiger partial charge in [-0.15, -0.1) is 0 Å². The Balaban J connectivity index is 1.55. The van der Waals surface area contributed by atoms with Crippen LogP contribution in [0.5, 0.6) is 11.5 Å². The van der Waals surface area contributed by atoms with E-state index < -0.39 is 6.03 Å². The molecule has 34 heavy (non-hydrogen) atoms. The molecule has 1 fully saturated rings. The highest BCUT2D eigenvalue weighted by molar-refractivity contribution is 14.1. The van der Waals surface area contributed by atoms with Crippen molar-refractivity contribution in [2.24, 2.45) is 0 Å². The van der Waals surface area contributed by atoms with Crippen LogP contribution in [0, 0.1) is 10.5 Å². The van der Waals surface area contributed by atoms with E-state index in [2.05, 4.69) is 34.0 Å². The van der Waals surface area contributed by atoms with E-state index >= 15 is 0 Å². The first-order valence-corrected chi connectivity index (χ1v) is 12.1. The summed E-state index contributed by atoms with van der Waals surface area (Å²) in [7, 11) is 0. The summed E-state index contributed by atoms with van der Waals surface area (Å²) in [5.74, 6) is 0.881. The molecule has 4 rings (SSSR count). The molecule has 3 amide bonds. The Hall–Kier alpha value is -3.33. The predicted octanol–water partition coefficient (Wildman–Crippen LogP) is 5.67. The zero-order chi connectivity index (χ0) is 24.1. The van der Waals surface area contributed by atoms with Gasteiger partial charge in [0.05, 0.1) is 16.7 Å². The van der Waals surface area contributed by atoms with Gasteiger partial charge in [0.25, 0.3) is 5.91 Å². The van der Waals surface area contributed by atoms with E-state index in [1.165, 1.54) is 10.5 Å². The summed E-state index contributed by atoms with van der Waals surface area (Å²) in [6, 6.07) is 20.9. The van der Waals surface area contributed by atoms with Gasteiger partial charge in [-0.1, -0.05) is 60.2 Å². The molecule has 1 heterocycles. The van der Waals surface area contributed by atoms with Crippen LogP contribution in [0.4, 0.5) is 4.79 Å². The number of rotatable bonds is 8. The van der Waals surface area contributed by atoms with E-state index in [1.54, 1.807) is 6.08 Å². The number of urea groups is 1. The molecule has 174 valence electrons. The molecule has 1 saturated heterocycles. The number of aryl methyl sites for hydroxylation is 1. The number of carbonyl (C=O) groups is 2. The minimum absolute atomic E-state index is 0.219. The summed E-state index contributed by atoms with van der Waals surface area (Å²) >= 11 is 2.20.